The highest BCUT2D eigenvalue weighted by Crippen LogP contribution is 2.20. The first kappa shape index (κ1) is 22.7. The van der Waals surface area contributed by atoms with E-state index in [4.69, 9.17) is 4.74 Å². The van der Waals surface area contributed by atoms with Crippen LogP contribution in [0, 0.1) is 13.8 Å². The fraction of sp³-hybridized carbons (Fsp3) is 0.300. The molecule has 8 nitrogen and oxygen atoms in total. The third-order valence-corrected chi connectivity index (χ3v) is 4.17. The Hall–Kier alpha value is -3.56. The Bertz CT molecular complexity index is 984. The maximum absolute atomic E-state index is 12.4. The Morgan fingerprint density at radius 2 is 1.80 bits per heavy atom. The minimum absolute atomic E-state index is 0.160. The van der Waals surface area contributed by atoms with E-state index in [9.17, 15) is 28.0 Å². The zero-order valence-electron chi connectivity index (χ0n) is 16.5. The Balaban J connectivity index is 1.92. The number of amides is 1. The molecular formula is C20H20F2N2O6. The van der Waals surface area contributed by atoms with Crippen molar-refractivity contribution in [2.75, 3.05) is 13.2 Å². The number of aromatic amines is 1. The third-order valence-electron chi connectivity index (χ3n) is 4.17. The second kappa shape index (κ2) is 9.77. The third kappa shape index (κ3) is 5.49. The first-order valence-corrected chi connectivity index (χ1v) is 8.82. The lowest BCUT2D eigenvalue weighted by molar-refractivity contribution is -0.141. The van der Waals surface area contributed by atoms with E-state index < -0.39 is 37.4 Å². The molecule has 30 heavy (non-hydrogen) atoms. The molecule has 0 radical (unpaired) electrons. The van der Waals surface area contributed by atoms with Crippen molar-refractivity contribution in [2.24, 2.45) is 0 Å². The monoisotopic (exact) mass is 422 g/mol. The van der Waals surface area contributed by atoms with Gasteiger partial charge >= 0.3 is 12.6 Å². The van der Waals surface area contributed by atoms with Crippen LogP contribution < -0.4 is 10.1 Å². The minimum atomic E-state index is -3.11. The van der Waals surface area contributed by atoms with Gasteiger partial charge in [0.05, 0.1) is 11.3 Å². The van der Waals surface area contributed by atoms with E-state index in [0.29, 0.717) is 16.8 Å². The summed E-state index contributed by atoms with van der Waals surface area (Å²) in [5, 5.41) is 2.21. The summed E-state index contributed by atoms with van der Waals surface area (Å²) in [5.41, 5.74) is 1.38. The van der Waals surface area contributed by atoms with Crippen molar-refractivity contribution in [1.29, 1.82) is 0 Å². The van der Waals surface area contributed by atoms with Crippen LogP contribution in [0.3, 0.4) is 0 Å². The van der Waals surface area contributed by atoms with Crippen LogP contribution in [-0.4, -0.2) is 48.2 Å². The number of Topliss-reactive ketones (excluding diaryl/α,β-unsaturated/α-hetero) is 2. The van der Waals surface area contributed by atoms with Gasteiger partial charge in [-0.05, 0) is 38.5 Å². The van der Waals surface area contributed by atoms with Crippen LogP contribution in [0.2, 0.25) is 0 Å². The van der Waals surface area contributed by atoms with Crippen LogP contribution >= 0.6 is 0 Å². The highest BCUT2D eigenvalue weighted by atomic mass is 19.3. The molecule has 1 amide bonds. The van der Waals surface area contributed by atoms with Gasteiger partial charge in [0.15, 0.2) is 12.4 Å². The Kier molecular flexibility index (Phi) is 7.40. The number of para-hydroxylation sites is 1. The summed E-state index contributed by atoms with van der Waals surface area (Å²) in [6.45, 7) is 0.337. The zero-order valence-corrected chi connectivity index (χ0v) is 16.5. The van der Waals surface area contributed by atoms with Crippen molar-refractivity contribution >= 4 is 23.4 Å². The Labute approximate surface area is 170 Å². The number of benzene rings is 1. The molecule has 0 fully saturated rings. The van der Waals surface area contributed by atoms with Gasteiger partial charge in [-0.15, -0.1) is 0 Å². The van der Waals surface area contributed by atoms with E-state index in [1.807, 2.05) is 0 Å². The van der Waals surface area contributed by atoms with Crippen LogP contribution in [0.4, 0.5) is 8.78 Å². The molecular weight excluding hydrogens is 402 g/mol. The number of hydrogen-bond acceptors (Lipinski definition) is 6. The van der Waals surface area contributed by atoms with Crippen LogP contribution in [0.5, 0.6) is 5.75 Å². The normalized spacial score (nSPS) is 10.6. The van der Waals surface area contributed by atoms with Gasteiger partial charge < -0.3 is 19.8 Å². The van der Waals surface area contributed by atoms with E-state index in [-0.39, 0.29) is 22.8 Å². The molecule has 0 aliphatic heterocycles. The molecule has 0 saturated heterocycles. The fourth-order valence-corrected chi connectivity index (χ4v) is 2.93. The van der Waals surface area contributed by atoms with Gasteiger partial charge in [0.2, 0.25) is 5.78 Å². The van der Waals surface area contributed by atoms with Gasteiger partial charge in [0.1, 0.15) is 12.3 Å². The number of aromatic nitrogens is 1. The van der Waals surface area contributed by atoms with Gasteiger partial charge in [-0.3, -0.25) is 19.2 Å². The summed E-state index contributed by atoms with van der Waals surface area (Å²) in [5.74, 6) is -2.81. The Morgan fingerprint density at radius 3 is 2.40 bits per heavy atom. The molecule has 0 aliphatic rings. The average Bonchev–Trinajstić information content (AvgIpc) is 2.98. The van der Waals surface area contributed by atoms with Gasteiger partial charge in [-0.2, -0.15) is 8.78 Å². The molecule has 0 spiro atoms. The molecule has 2 aromatic rings. The maximum Gasteiger partial charge on any atom is 0.387 e. The molecule has 0 bridgehead atoms. The van der Waals surface area contributed by atoms with Crippen molar-refractivity contribution < 1.29 is 37.4 Å². The predicted octanol–water partition coefficient (Wildman–Crippen LogP) is 2.59. The number of aryl methyl sites for hydroxylation is 1. The number of nitrogens with one attached hydrogen (secondary N) is 2. The predicted molar refractivity (Wildman–Crippen MR) is 101 cm³/mol. The summed E-state index contributed by atoms with van der Waals surface area (Å²) >= 11 is 0. The van der Waals surface area contributed by atoms with Crippen molar-refractivity contribution in [2.45, 2.75) is 27.4 Å². The van der Waals surface area contributed by atoms with Crippen molar-refractivity contribution in [3.05, 3.63) is 52.3 Å². The highest BCUT2D eigenvalue weighted by molar-refractivity contribution is 6.04. The summed E-state index contributed by atoms with van der Waals surface area (Å²) in [6.07, 6.45) is 0. The molecule has 2 N–H and O–H groups in total. The molecule has 0 atom stereocenters. The maximum atomic E-state index is 12.4. The summed E-state index contributed by atoms with van der Waals surface area (Å²) in [6, 6.07) is 5.30. The van der Waals surface area contributed by atoms with E-state index in [0.717, 1.165) is 0 Å². The number of carbonyl (C=O) groups excluding carboxylic acids is 4. The fourth-order valence-electron chi connectivity index (χ4n) is 2.93. The van der Waals surface area contributed by atoms with Crippen molar-refractivity contribution in [3.8, 4) is 5.75 Å². The van der Waals surface area contributed by atoms with Gasteiger partial charge in [0, 0.05) is 11.3 Å². The zero-order chi connectivity index (χ0) is 22.4. The van der Waals surface area contributed by atoms with Gasteiger partial charge in [-0.1, -0.05) is 12.1 Å². The lowest BCUT2D eigenvalue weighted by atomic mass is 10.1. The number of hydrogen-bond donors (Lipinski definition) is 2. The Morgan fingerprint density at radius 1 is 1.13 bits per heavy atom. The largest absolute Gasteiger partial charge is 0.456 e. The number of halogens is 2. The number of ether oxygens (including phenoxy) is 2. The molecule has 1 aromatic heterocycles. The van der Waals surface area contributed by atoms with Crippen molar-refractivity contribution in [3.63, 3.8) is 0 Å². The highest BCUT2D eigenvalue weighted by Gasteiger charge is 2.21. The van der Waals surface area contributed by atoms with Gasteiger partial charge in [0.25, 0.3) is 5.91 Å². The number of alkyl halides is 2. The molecule has 10 heteroatoms. The van der Waals surface area contributed by atoms with E-state index in [1.165, 1.54) is 31.2 Å². The van der Waals surface area contributed by atoms with Crippen LogP contribution in [0.15, 0.2) is 24.3 Å². The number of H-pyrrole nitrogens is 1. The number of carbonyl (C=O) groups is 4. The first-order chi connectivity index (χ1) is 14.1. The van der Waals surface area contributed by atoms with E-state index in [2.05, 4.69) is 15.0 Å². The standard InChI is InChI=1S/C20H20F2N2O6/c1-10-17(12(3)25)11(2)24-18(10)14(26)9-29-16(27)8-23-19(28)13-6-4-5-7-15(13)30-20(21)22/h4-7,20,24H,8-9H2,1-3H3,(H,23,28). The van der Waals surface area contributed by atoms with E-state index >= 15 is 0 Å². The van der Waals surface area contributed by atoms with Crippen LogP contribution in [-0.2, 0) is 9.53 Å². The topological polar surface area (TPSA) is 115 Å². The first-order valence-electron chi connectivity index (χ1n) is 8.82. The summed E-state index contributed by atoms with van der Waals surface area (Å²) in [4.78, 5) is 50.7. The van der Waals surface area contributed by atoms with Gasteiger partial charge in [-0.25, -0.2) is 0 Å². The molecule has 0 unspecified atom stereocenters. The smallest absolute Gasteiger partial charge is 0.387 e. The molecule has 0 saturated carbocycles. The SMILES string of the molecule is CC(=O)c1c(C)[nH]c(C(=O)COC(=O)CNC(=O)c2ccccc2OC(F)F)c1C. The molecule has 160 valence electrons. The summed E-state index contributed by atoms with van der Waals surface area (Å²) in [7, 11) is 0. The summed E-state index contributed by atoms with van der Waals surface area (Å²) < 4.78 is 33.9. The number of rotatable bonds is 9. The van der Waals surface area contributed by atoms with Crippen LogP contribution in [0.1, 0.15) is 49.4 Å². The van der Waals surface area contributed by atoms with Crippen molar-refractivity contribution in [1.82, 2.24) is 10.3 Å². The average molecular weight is 422 g/mol. The van der Waals surface area contributed by atoms with E-state index in [1.54, 1.807) is 13.8 Å². The molecule has 1 heterocycles. The number of ketones is 2. The van der Waals surface area contributed by atoms with Crippen LogP contribution in [0.25, 0.3) is 0 Å². The lowest BCUT2D eigenvalue weighted by Gasteiger charge is -2.10. The molecule has 1 aromatic carbocycles. The second-order valence-electron chi connectivity index (χ2n) is 6.32. The second-order valence-corrected chi connectivity index (χ2v) is 6.32. The quantitative estimate of drug-likeness (QED) is 0.474. The molecule has 2 rings (SSSR count). The lowest BCUT2D eigenvalue weighted by Crippen LogP contribution is -2.32. The minimum Gasteiger partial charge on any atom is -0.456 e. The molecule has 0 aliphatic carbocycles. The number of esters is 1.